The van der Waals surface area contributed by atoms with Gasteiger partial charge in [-0.3, -0.25) is 15.0 Å². The van der Waals surface area contributed by atoms with Crippen molar-refractivity contribution >= 4 is 5.69 Å². The van der Waals surface area contributed by atoms with E-state index < -0.39 is 4.92 Å². The summed E-state index contributed by atoms with van der Waals surface area (Å²) in [4.78, 5) is 12.6. The maximum absolute atomic E-state index is 10.9. The fourth-order valence-electron chi connectivity index (χ4n) is 2.40. The molecule has 2 aromatic carbocycles. The molecule has 0 N–H and O–H groups in total. The molecule has 0 aliphatic heterocycles. The average molecular weight is 330 g/mol. The quantitative estimate of drug-likeness (QED) is 0.548. The molecule has 0 aromatic heterocycles. The highest BCUT2D eigenvalue weighted by Gasteiger charge is 2.13. The molecule has 0 aliphatic rings. The Morgan fingerprint density at radius 3 is 2.67 bits per heavy atom. The van der Waals surface area contributed by atoms with E-state index in [2.05, 4.69) is 0 Å². The Balaban J connectivity index is 1.93. The van der Waals surface area contributed by atoms with Crippen molar-refractivity contribution < 1.29 is 14.4 Å². The number of nitro groups is 1. The SMILES string of the molecule is COc1ccc([N+](=O)[O-])cc1CN(C)CCOc1cccc(C)c1. The van der Waals surface area contributed by atoms with Gasteiger partial charge in [0.15, 0.2) is 0 Å². The summed E-state index contributed by atoms with van der Waals surface area (Å²) in [7, 11) is 3.50. The molecule has 2 aromatic rings. The molecular weight excluding hydrogens is 308 g/mol. The highest BCUT2D eigenvalue weighted by Crippen LogP contribution is 2.25. The molecule has 0 atom stereocenters. The molecule has 24 heavy (non-hydrogen) atoms. The fourth-order valence-corrected chi connectivity index (χ4v) is 2.40. The zero-order valence-electron chi connectivity index (χ0n) is 14.2. The van der Waals surface area contributed by atoms with Gasteiger partial charge in [0.2, 0.25) is 0 Å². The number of likely N-dealkylation sites (N-methyl/N-ethyl adjacent to an activating group) is 1. The number of aryl methyl sites for hydroxylation is 1. The van der Waals surface area contributed by atoms with Gasteiger partial charge in [-0.2, -0.15) is 0 Å². The van der Waals surface area contributed by atoms with Crippen LogP contribution in [0.5, 0.6) is 11.5 Å². The van der Waals surface area contributed by atoms with Crippen LogP contribution in [0.1, 0.15) is 11.1 Å². The summed E-state index contributed by atoms with van der Waals surface area (Å²) in [5.41, 5.74) is 2.00. The lowest BCUT2D eigenvalue weighted by atomic mass is 10.1. The van der Waals surface area contributed by atoms with Gasteiger partial charge in [0.1, 0.15) is 18.1 Å². The first-order valence-corrected chi connectivity index (χ1v) is 7.69. The minimum Gasteiger partial charge on any atom is -0.496 e. The van der Waals surface area contributed by atoms with Crippen molar-refractivity contribution in [3.05, 3.63) is 63.7 Å². The molecule has 0 saturated carbocycles. The average Bonchev–Trinajstić information content (AvgIpc) is 2.54. The minimum absolute atomic E-state index is 0.0650. The van der Waals surface area contributed by atoms with Gasteiger partial charge in [-0.25, -0.2) is 0 Å². The Morgan fingerprint density at radius 1 is 1.21 bits per heavy atom. The van der Waals surface area contributed by atoms with Crippen LogP contribution in [0.3, 0.4) is 0 Å². The Morgan fingerprint density at radius 2 is 2.00 bits per heavy atom. The molecule has 0 bridgehead atoms. The molecule has 0 aliphatic carbocycles. The van der Waals surface area contributed by atoms with Gasteiger partial charge in [-0.15, -0.1) is 0 Å². The highest BCUT2D eigenvalue weighted by atomic mass is 16.6. The summed E-state index contributed by atoms with van der Waals surface area (Å²) in [5, 5.41) is 10.9. The highest BCUT2D eigenvalue weighted by molar-refractivity contribution is 5.43. The lowest BCUT2D eigenvalue weighted by Crippen LogP contribution is -2.24. The van der Waals surface area contributed by atoms with Crippen LogP contribution < -0.4 is 9.47 Å². The summed E-state index contributed by atoms with van der Waals surface area (Å²) >= 11 is 0. The first-order valence-electron chi connectivity index (χ1n) is 7.69. The van der Waals surface area contributed by atoms with E-state index in [1.807, 2.05) is 43.1 Å². The predicted octanol–water partition coefficient (Wildman–Crippen LogP) is 3.42. The second-order valence-electron chi connectivity index (χ2n) is 5.66. The Bertz CT molecular complexity index is 703. The number of ether oxygens (including phenoxy) is 2. The number of nitrogens with zero attached hydrogens (tertiary/aromatic N) is 2. The molecule has 0 spiro atoms. The third-order valence-corrected chi connectivity index (χ3v) is 3.65. The van der Waals surface area contributed by atoms with E-state index in [0.717, 1.165) is 16.9 Å². The third-order valence-electron chi connectivity index (χ3n) is 3.65. The van der Waals surface area contributed by atoms with Gasteiger partial charge >= 0.3 is 0 Å². The van der Waals surface area contributed by atoms with Crippen LogP contribution in [0, 0.1) is 17.0 Å². The van der Waals surface area contributed by atoms with Crippen molar-refractivity contribution in [1.29, 1.82) is 0 Å². The van der Waals surface area contributed by atoms with Crippen molar-refractivity contribution in [3.8, 4) is 11.5 Å². The van der Waals surface area contributed by atoms with Crippen LogP contribution in [0.25, 0.3) is 0 Å². The topological polar surface area (TPSA) is 64.8 Å². The number of benzene rings is 2. The summed E-state index contributed by atoms with van der Waals surface area (Å²) in [6, 6.07) is 12.5. The van der Waals surface area contributed by atoms with Crippen molar-refractivity contribution in [1.82, 2.24) is 4.90 Å². The number of hydrogen-bond donors (Lipinski definition) is 0. The van der Waals surface area contributed by atoms with Gasteiger partial charge in [-0.05, 0) is 37.7 Å². The van der Waals surface area contributed by atoms with E-state index >= 15 is 0 Å². The largest absolute Gasteiger partial charge is 0.496 e. The van der Waals surface area contributed by atoms with Crippen LogP contribution in [0.2, 0.25) is 0 Å². The standard InChI is InChI=1S/C18H22N2O4/c1-14-5-4-6-17(11-14)24-10-9-19(2)13-15-12-16(20(21)22)7-8-18(15)23-3/h4-8,11-12H,9-10,13H2,1-3H3. The number of methoxy groups -OCH3 is 1. The van der Waals surface area contributed by atoms with Crippen molar-refractivity contribution in [3.63, 3.8) is 0 Å². The van der Waals surface area contributed by atoms with Gasteiger partial charge in [0, 0.05) is 30.8 Å². The van der Waals surface area contributed by atoms with E-state index in [1.165, 1.54) is 6.07 Å². The van der Waals surface area contributed by atoms with E-state index in [0.29, 0.717) is 25.4 Å². The summed E-state index contributed by atoms with van der Waals surface area (Å²) in [6.45, 7) is 3.80. The van der Waals surface area contributed by atoms with Crippen LogP contribution in [0.4, 0.5) is 5.69 Å². The number of rotatable bonds is 8. The third kappa shape index (κ3) is 4.96. The van der Waals surface area contributed by atoms with E-state index in [9.17, 15) is 10.1 Å². The van der Waals surface area contributed by atoms with Crippen molar-refractivity contribution in [2.75, 3.05) is 27.3 Å². The smallest absolute Gasteiger partial charge is 0.270 e. The number of non-ortho nitro benzene ring substituents is 1. The van der Waals surface area contributed by atoms with Crippen LogP contribution in [-0.4, -0.2) is 37.1 Å². The lowest BCUT2D eigenvalue weighted by Gasteiger charge is -2.18. The zero-order valence-corrected chi connectivity index (χ0v) is 14.2. The normalized spacial score (nSPS) is 10.7. The molecule has 0 saturated heterocycles. The van der Waals surface area contributed by atoms with Gasteiger partial charge in [-0.1, -0.05) is 12.1 Å². The van der Waals surface area contributed by atoms with Gasteiger partial charge in [0.25, 0.3) is 5.69 Å². The summed E-state index contributed by atoms with van der Waals surface area (Å²) < 4.78 is 11.0. The van der Waals surface area contributed by atoms with E-state index in [1.54, 1.807) is 19.2 Å². The molecule has 6 heteroatoms. The molecule has 0 amide bonds. The molecular formula is C18H22N2O4. The first-order chi connectivity index (χ1) is 11.5. The fraction of sp³-hybridized carbons (Fsp3) is 0.333. The number of nitro benzene ring substituents is 1. The minimum atomic E-state index is -0.399. The first kappa shape index (κ1) is 17.7. The summed E-state index contributed by atoms with van der Waals surface area (Å²) in [5.74, 6) is 1.49. The maximum atomic E-state index is 10.9. The van der Waals surface area contributed by atoms with Crippen LogP contribution in [0.15, 0.2) is 42.5 Å². The maximum Gasteiger partial charge on any atom is 0.270 e. The number of hydrogen-bond acceptors (Lipinski definition) is 5. The van der Waals surface area contributed by atoms with Crippen LogP contribution in [-0.2, 0) is 6.54 Å². The molecule has 0 unspecified atom stereocenters. The molecule has 128 valence electrons. The Kier molecular flexibility index (Phi) is 6.14. The van der Waals surface area contributed by atoms with Crippen molar-refractivity contribution in [2.45, 2.75) is 13.5 Å². The summed E-state index contributed by atoms with van der Waals surface area (Å²) in [6.07, 6.45) is 0. The van der Waals surface area contributed by atoms with E-state index in [4.69, 9.17) is 9.47 Å². The molecule has 2 rings (SSSR count). The van der Waals surface area contributed by atoms with Crippen LogP contribution >= 0.6 is 0 Å². The van der Waals surface area contributed by atoms with Gasteiger partial charge < -0.3 is 9.47 Å². The monoisotopic (exact) mass is 330 g/mol. The zero-order chi connectivity index (χ0) is 17.5. The lowest BCUT2D eigenvalue weighted by molar-refractivity contribution is -0.384. The molecule has 6 nitrogen and oxygen atoms in total. The molecule has 0 heterocycles. The molecule has 0 radical (unpaired) electrons. The van der Waals surface area contributed by atoms with Gasteiger partial charge in [0.05, 0.1) is 12.0 Å². The molecule has 0 fully saturated rings. The second kappa shape index (κ2) is 8.31. The van der Waals surface area contributed by atoms with Crippen molar-refractivity contribution in [2.24, 2.45) is 0 Å². The Hall–Kier alpha value is -2.60. The Labute approximate surface area is 141 Å². The second-order valence-corrected chi connectivity index (χ2v) is 5.66. The predicted molar refractivity (Wildman–Crippen MR) is 92.7 cm³/mol. The van der Waals surface area contributed by atoms with E-state index in [-0.39, 0.29) is 5.69 Å².